The lowest BCUT2D eigenvalue weighted by Gasteiger charge is -2.15. The maximum atomic E-state index is 11.7. The fourth-order valence-electron chi connectivity index (χ4n) is 1.72. The van der Waals surface area contributed by atoms with Crippen molar-refractivity contribution in [2.24, 2.45) is 5.73 Å². The quantitative estimate of drug-likeness (QED) is 0.789. The Kier molecular flexibility index (Phi) is 4.99. The predicted octanol–water partition coefficient (Wildman–Crippen LogP) is 1.47. The lowest BCUT2D eigenvalue weighted by Crippen LogP contribution is -2.37. The maximum Gasteiger partial charge on any atom is 0.224 e. The van der Waals surface area contributed by atoms with Crippen LogP contribution in [0.5, 0.6) is 0 Å². The lowest BCUT2D eigenvalue weighted by atomic mass is 10.1. The predicted molar refractivity (Wildman–Crippen MR) is 66.0 cm³/mol. The van der Waals surface area contributed by atoms with Crippen molar-refractivity contribution in [3.05, 3.63) is 35.9 Å². The monoisotopic (exact) mass is 220 g/mol. The summed E-state index contributed by atoms with van der Waals surface area (Å²) in [6, 6.07) is 9.98. The largest absolute Gasteiger partial charge is 0.353 e. The van der Waals surface area contributed by atoms with Crippen molar-refractivity contribution < 1.29 is 4.79 Å². The zero-order valence-corrected chi connectivity index (χ0v) is 9.94. The van der Waals surface area contributed by atoms with Gasteiger partial charge in [0.2, 0.25) is 5.91 Å². The van der Waals surface area contributed by atoms with E-state index in [1.165, 1.54) is 0 Å². The van der Waals surface area contributed by atoms with E-state index in [0.29, 0.717) is 6.42 Å². The van der Waals surface area contributed by atoms with Crippen LogP contribution < -0.4 is 11.1 Å². The third-order valence-corrected chi connectivity index (χ3v) is 2.34. The average Bonchev–Trinajstić information content (AvgIpc) is 2.17. The first-order valence-corrected chi connectivity index (χ1v) is 5.67. The van der Waals surface area contributed by atoms with Crippen LogP contribution in [-0.2, 0) is 11.2 Å². The second-order valence-corrected chi connectivity index (χ2v) is 4.34. The second-order valence-electron chi connectivity index (χ2n) is 4.34. The number of amides is 1. The number of carbonyl (C=O) groups is 1. The van der Waals surface area contributed by atoms with Gasteiger partial charge in [0.15, 0.2) is 0 Å². The van der Waals surface area contributed by atoms with E-state index in [2.05, 4.69) is 5.32 Å². The fraction of sp³-hybridized carbons (Fsp3) is 0.462. The van der Waals surface area contributed by atoms with Crippen LogP contribution in [0.25, 0.3) is 0 Å². The summed E-state index contributed by atoms with van der Waals surface area (Å²) in [4.78, 5) is 11.7. The van der Waals surface area contributed by atoms with Crippen LogP contribution in [-0.4, -0.2) is 18.0 Å². The molecule has 0 aliphatic carbocycles. The highest BCUT2D eigenvalue weighted by molar-refractivity contribution is 5.78. The fourth-order valence-corrected chi connectivity index (χ4v) is 1.72. The number of benzene rings is 1. The van der Waals surface area contributed by atoms with Crippen LogP contribution in [0.4, 0.5) is 0 Å². The van der Waals surface area contributed by atoms with E-state index in [1.54, 1.807) is 0 Å². The minimum atomic E-state index is 0.0550. The Morgan fingerprint density at radius 3 is 2.50 bits per heavy atom. The number of rotatable bonds is 5. The van der Waals surface area contributed by atoms with Gasteiger partial charge in [0, 0.05) is 12.1 Å². The van der Waals surface area contributed by atoms with Crippen molar-refractivity contribution in [2.45, 2.75) is 38.8 Å². The number of hydrogen-bond donors (Lipinski definition) is 2. The molecule has 1 aromatic rings. The molecule has 0 aliphatic heterocycles. The summed E-state index contributed by atoms with van der Waals surface area (Å²) in [5.74, 6) is 0.0550. The molecule has 0 aromatic heterocycles. The molecule has 0 heterocycles. The third-order valence-electron chi connectivity index (χ3n) is 2.34. The zero-order chi connectivity index (χ0) is 12.0. The van der Waals surface area contributed by atoms with Gasteiger partial charge in [-0.3, -0.25) is 4.79 Å². The molecular formula is C13H20N2O. The Hall–Kier alpha value is -1.35. The van der Waals surface area contributed by atoms with Gasteiger partial charge in [-0.25, -0.2) is 0 Å². The van der Waals surface area contributed by atoms with Crippen LogP contribution in [0, 0.1) is 0 Å². The van der Waals surface area contributed by atoms with Crippen molar-refractivity contribution in [3.8, 4) is 0 Å². The van der Waals surface area contributed by atoms with Crippen molar-refractivity contribution in [2.75, 3.05) is 0 Å². The molecule has 16 heavy (non-hydrogen) atoms. The molecule has 3 heteroatoms. The highest BCUT2D eigenvalue weighted by Gasteiger charge is 2.09. The summed E-state index contributed by atoms with van der Waals surface area (Å²) >= 11 is 0. The van der Waals surface area contributed by atoms with Gasteiger partial charge in [0.1, 0.15) is 0 Å². The Balaban J connectivity index is 2.36. The highest BCUT2D eigenvalue weighted by atomic mass is 16.1. The third kappa shape index (κ3) is 4.94. The summed E-state index contributed by atoms with van der Waals surface area (Å²) in [6.07, 6.45) is 1.24. The molecule has 3 N–H and O–H groups in total. The highest BCUT2D eigenvalue weighted by Crippen LogP contribution is 2.00. The van der Waals surface area contributed by atoms with Gasteiger partial charge in [-0.15, -0.1) is 0 Å². The Morgan fingerprint density at radius 2 is 1.94 bits per heavy atom. The Morgan fingerprint density at radius 1 is 1.31 bits per heavy atom. The SMILES string of the molecule is CC(N)CC(C)NC(=O)Cc1ccccc1. The van der Waals surface area contributed by atoms with Crippen LogP contribution in [0.3, 0.4) is 0 Å². The van der Waals surface area contributed by atoms with E-state index < -0.39 is 0 Å². The van der Waals surface area contributed by atoms with Gasteiger partial charge in [0.25, 0.3) is 0 Å². The number of hydrogen-bond acceptors (Lipinski definition) is 2. The summed E-state index contributed by atoms with van der Waals surface area (Å²) in [5.41, 5.74) is 6.71. The Labute approximate surface area is 97.0 Å². The Bertz CT molecular complexity index is 322. The summed E-state index contributed by atoms with van der Waals surface area (Å²) in [5, 5.41) is 2.94. The van der Waals surface area contributed by atoms with Gasteiger partial charge in [-0.2, -0.15) is 0 Å². The molecule has 2 unspecified atom stereocenters. The molecule has 0 saturated carbocycles. The van der Waals surface area contributed by atoms with Gasteiger partial charge >= 0.3 is 0 Å². The van der Waals surface area contributed by atoms with Crippen molar-refractivity contribution in [1.82, 2.24) is 5.32 Å². The number of nitrogens with one attached hydrogen (secondary N) is 1. The lowest BCUT2D eigenvalue weighted by molar-refractivity contribution is -0.121. The van der Waals surface area contributed by atoms with Gasteiger partial charge in [-0.05, 0) is 25.8 Å². The first kappa shape index (κ1) is 12.7. The molecule has 2 atom stereocenters. The van der Waals surface area contributed by atoms with Crippen LogP contribution in [0.2, 0.25) is 0 Å². The normalized spacial score (nSPS) is 14.2. The zero-order valence-electron chi connectivity index (χ0n) is 9.94. The molecule has 0 fully saturated rings. The summed E-state index contributed by atoms with van der Waals surface area (Å²) in [6.45, 7) is 3.92. The topological polar surface area (TPSA) is 55.1 Å². The van der Waals surface area contributed by atoms with E-state index in [-0.39, 0.29) is 18.0 Å². The molecule has 0 radical (unpaired) electrons. The first-order valence-electron chi connectivity index (χ1n) is 5.67. The molecule has 88 valence electrons. The van der Waals surface area contributed by atoms with Crippen LogP contribution >= 0.6 is 0 Å². The first-order chi connectivity index (χ1) is 7.58. The maximum absolute atomic E-state index is 11.7. The van der Waals surface area contributed by atoms with Crippen molar-refractivity contribution in [3.63, 3.8) is 0 Å². The summed E-state index contributed by atoms with van der Waals surface area (Å²) in [7, 11) is 0. The van der Waals surface area contributed by atoms with Crippen molar-refractivity contribution in [1.29, 1.82) is 0 Å². The molecule has 1 aromatic carbocycles. The van der Waals surface area contributed by atoms with E-state index in [4.69, 9.17) is 5.73 Å². The van der Waals surface area contributed by atoms with E-state index in [9.17, 15) is 4.79 Å². The molecule has 0 aliphatic rings. The average molecular weight is 220 g/mol. The summed E-state index contributed by atoms with van der Waals surface area (Å²) < 4.78 is 0. The van der Waals surface area contributed by atoms with Crippen LogP contribution in [0.15, 0.2) is 30.3 Å². The van der Waals surface area contributed by atoms with Gasteiger partial charge in [0.05, 0.1) is 6.42 Å². The van der Waals surface area contributed by atoms with Crippen molar-refractivity contribution >= 4 is 5.91 Å². The molecule has 1 rings (SSSR count). The molecular weight excluding hydrogens is 200 g/mol. The van der Waals surface area contributed by atoms with E-state index >= 15 is 0 Å². The van der Waals surface area contributed by atoms with Crippen LogP contribution in [0.1, 0.15) is 25.8 Å². The van der Waals surface area contributed by atoms with Gasteiger partial charge in [-0.1, -0.05) is 30.3 Å². The van der Waals surface area contributed by atoms with Gasteiger partial charge < -0.3 is 11.1 Å². The minimum Gasteiger partial charge on any atom is -0.353 e. The molecule has 1 amide bonds. The number of nitrogens with two attached hydrogens (primary N) is 1. The molecule has 0 saturated heterocycles. The molecule has 0 spiro atoms. The van der Waals surface area contributed by atoms with E-state index in [1.807, 2.05) is 44.2 Å². The number of carbonyl (C=O) groups excluding carboxylic acids is 1. The minimum absolute atomic E-state index is 0.0550. The smallest absolute Gasteiger partial charge is 0.224 e. The van der Waals surface area contributed by atoms with E-state index in [0.717, 1.165) is 12.0 Å². The molecule has 3 nitrogen and oxygen atoms in total. The molecule has 0 bridgehead atoms. The standard InChI is InChI=1S/C13H20N2O/c1-10(14)8-11(2)15-13(16)9-12-6-4-3-5-7-12/h3-7,10-11H,8-9,14H2,1-2H3,(H,15,16). The second kappa shape index (κ2) is 6.28.